The molecule has 6 nitrogen and oxygen atoms in total. The fourth-order valence-corrected chi connectivity index (χ4v) is 3.43. The number of ether oxygens (including phenoxy) is 1. The second-order valence-corrected chi connectivity index (χ2v) is 6.63. The van der Waals surface area contributed by atoms with Crippen molar-refractivity contribution in [2.45, 2.75) is 18.6 Å². The molecule has 3 rings (SSSR count). The molecule has 0 saturated heterocycles. The predicted octanol–water partition coefficient (Wildman–Crippen LogP) is 3.98. The lowest BCUT2D eigenvalue weighted by Crippen LogP contribution is -2.16. The van der Waals surface area contributed by atoms with Crippen LogP contribution in [0.5, 0.6) is 5.75 Å². The number of amides is 1. The smallest absolute Gasteiger partial charge is 0.235 e. The third kappa shape index (κ3) is 4.14. The first kappa shape index (κ1) is 19.8. The van der Waals surface area contributed by atoms with Crippen LogP contribution in [-0.2, 0) is 11.3 Å². The molecule has 2 aromatic carbocycles. The Hall–Kier alpha value is -2.94. The molecule has 1 N–H and O–H groups in total. The van der Waals surface area contributed by atoms with Crippen LogP contribution in [-0.4, -0.2) is 33.5 Å². The van der Waals surface area contributed by atoms with Gasteiger partial charge in [0, 0.05) is 6.54 Å². The van der Waals surface area contributed by atoms with Gasteiger partial charge in [-0.1, -0.05) is 30.0 Å². The third-order valence-electron chi connectivity index (χ3n) is 3.94. The number of carbonyl (C=O) groups is 1. The molecule has 0 aliphatic carbocycles. The van der Waals surface area contributed by atoms with Gasteiger partial charge >= 0.3 is 0 Å². The normalized spacial score (nSPS) is 10.7. The molecule has 1 aromatic heterocycles. The van der Waals surface area contributed by atoms with Crippen LogP contribution in [0.2, 0.25) is 0 Å². The Labute approximate surface area is 164 Å². The summed E-state index contributed by atoms with van der Waals surface area (Å²) in [5.41, 5.74) is 0.323. The zero-order chi connectivity index (χ0) is 20.1. The van der Waals surface area contributed by atoms with E-state index in [0.29, 0.717) is 23.3 Å². The standard InChI is InChI=1S/C19H18F2N4O2S/c1-3-25-18(12-7-4-5-10-15(12)27-2)23-24-19(25)28-11-16(26)22-17-13(20)8-6-9-14(17)21/h4-10H,3,11H2,1-2H3,(H,22,26). The number of rotatable bonds is 7. The molecular weight excluding hydrogens is 386 g/mol. The number of aromatic nitrogens is 3. The van der Waals surface area contributed by atoms with Gasteiger partial charge in [0.2, 0.25) is 5.91 Å². The Morgan fingerprint density at radius 2 is 1.86 bits per heavy atom. The van der Waals surface area contributed by atoms with Crippen molar-refractivity contribution in [1.82, 2.24) is 14.8 Å². The highest BCUT2D eigenvalue weighted by Crippen LogP contribution is 2.30. The maximum Gasteiger partial charge on any atom is 0.235 e. The highest BCUT2D eigenvalue weighted by Gasteiger charge is 2.18. The van der Waals surface area contributed by atoms with E-state index in [1.165, 1.54) is 6.07 Å². The molecule has 0 spiro atoms. The lowest BCUT2D eigenvalue weighted by molar-refractivity contribution is -0.113. The first-order valence-corrected chi connectivity index (χ1v) is 9.47. The van der Waals surface area contributed by atoms with Gasteiger partial charge in [0.1, 0.15) is 23.1 Å². The lowest BCUT2D eigenvalue weighted by atomic mass is 10.2. The van der Waals surface area contributed by atoms with Crippen LogP contribution < -0.4 is 10.1 Å². The number of para-hydroxylation sites is 2. The minimum atomic E-state index is -0.825. The van der Waals surface area contributed by atoms with Gasteiger partial charge in [0.05, 0.1) is 18.4 Å². The molecule has 3 aromatic rings. The molecule has 0 aliphatic rings. The molecule has 1 amide bonds. The molecule has 0 unspecified atom stereocenters. The molecule has 0 aliphatic heterocycles. The zero-order valence-electron chi connectivity index (χ0n) is 15.3. The minimum absolute atomic E-state index is 0.0716. The Kier molecular flexibility index (Phi) is 6.25. The number of anilines is 1. The highest BCUT2D eigenvalue weighted by atomic mass is 32.2. The van der Waals surface area contributed by atoms with E-state index in [2.05, 4.69) is 15.5 Å². The van der Waals surface area contributed by atoms with Gasteiger partial charge in [-0.2, -0.15) is 0 Å². The molecule has 0 bridgehead atoms. The van der Waals surface area contributed by atoms with E-state index in [9.17, 15) is 13.6 Å². The average molecular weight is 404 g/mol. The monoisotopic (exact) mass is 404 g/mol. The van der Waals surface area contributed by atoms with E-state index in [1.54, 1.807) is 7.11 Å². The van der Waals surface area contributed by atoms with E-state index in [-0.39, 0.29) is 5.75 Å². The molecule has 9 heteroatoms. The first-order valence-electron chi connectivity index (χ1n) is 8.48. The van der Waals surface area contributed by atoms with Crippen molar-refractivity contribution < 1.29 is 18.3 Å². The van der Waals surface area contributed by atoms with Crippen LogP contribution in [0.4, 0.5) is 14.5 Å². The summed E-state index contributed by atoms with van der Waals surface area (Å²) >= 11 is 1.13. The van der Waals surface area contributed by atoms with Gasteiger partial charge < -0.3 is 14.6 Å². The number of benzene rings is 2. The summed E-state index contributed by atoms with van der Waals surface area (Å²) in [6, 6.07) is 10.8. The van der Waals surface area contributed by atoms with Crippen LogP contribution in [0.15, 0.2) is 47.6 Å². The van der Waals surface area contributed by atoms with Crippen molar-refractivity contribution in [3.05, 3.63) is 54.1 Å². The maximum absolute atomic E-state index is 13.7. The van der Waals surface area contributed by atoms with Crippen LogP contribution >= 0.6 is 11.8 Å². The Bertz CT molecular complexity index is 974. The van der Waals surface area contributed by atoms with Gasteiger partial charge in [-0.15, -0.1) is 10.2 Å². The van der Waals surface area contributed by atoms with Crippen molar-refractivity contribution >= 4 is 23.4 Å². The summed E-state index contributed by atoms with van der Waals surface area (Å²) in [6.07, 6.45) is 0. The topological polar surface area (TPSA) is 69.0 Å². The minimum Gasteiger partial charge on any atom is -0.496 e. The van der Waals surface area contributed by atoms with Crippen molar-refractivity contribution in [2.24, 2.45) is 0 Å². The van der Waals surface area contributed by atoms with Crippen molar-refractivity contribution in [1.29, 1.82) is 0 Å². The molecule has 28 heavy (non-hydrogen) atoms. The third-order valence-corrected chi connectivity index (χ3v) is 4.91. The summed E-state index contributed by atoms with van der Waals surface area (Å²) in [5, 5.41) is 11.1. The van der Waals surface area contributed by atoms with Crippen molar-refractivity contribution in [3.63, 3.8) is 0 Å². The van der Waals surface area contributed by atoms with Crippen LogP contribution in [0.1, 0.15) is 6.92 Å². The molecule has 1 heterocycles. The molecule has 0 fully saturated rings. The fraction of sp³-hybridized carbons (Fsp3) is 0.211. The van der Waals surface area contributed by atoms with Gasteiger partial charge in [-0.3, -0.25) is 4.79 Å². The number of hydrogen-bond acceptors (Lipinski definition) is 5. The lowest BCUT2D eigenvalue weighted by Gasteiger charge is -2.10. The van der Waals surface area contributed by atoms with Gasteiger partial charge in [-0.25, -0.2) is 8.78 Å². The van der Waals surface area contributed by atoms with Crippen molar-refractivity contribution in [3.8, 4) is 17.1 Å². The number of methoxy groups -OCH3 is 1. The number of nitrogens with zero attached hydrogens (tertiary/aromatic N) is 3. The molecule has 0 saturated carbocycles. The first-order chi connectivity index (χ1) is 13.5. The van der Waals surface area contributed by atoms with Gasteiger partial charge in [-0.05, 0) is 31.2 Å². The maximum atomic E-state index is 13.7. The Morgan fingerprint density at radius 3 is 2.54 bits per heavy atom. The molecule has 146 valence electrons. The number of thioether (sulfide) groups is 1. The van der Waals surface area contributed by atoms with E-state index in [0.717, 1.165) is 29.5 Å². The summed E-state index contributed by atoms with van der Waals surface area (Å²) in [4.78, 5) is 12.1. The second kappa shape index (κ2) is 8.83. The average Bonchev–Trinajstić information content (AvgIpc) is 3.12. The van der Waals surface area contributed by atoms with Crippen LogP contribution in [0.3, 0.4) is 0 Å². The van der Waals surface area contributed by atoms with E-state index in [1.807, 2.05) is 35.8 Å². The summed E-state index contributed by atoms with van der Waals surface area (Å²) in [5.74, 6) is -0.991. The van der Waals surface area contributed by atoms with Gasteiger partial charge in [0.15, 0.2) is 11.0 Å². The SMILES string of the molecule is CCn1c(SCC(=O)Nc2c(F)cccc2F)nnc1-c1ccccc1OC. The summed E-state index contributed by atoms with van der Waals surface area (Å²) in [7, 11) is 1.58. The Morgan fingerprint density at radius 1 is 1.14 bits per heavy atom. The largest absolute Gasteiger partial charge is 0.496 e. The van der Waals surface area contributed by atoms with Crippen molar-refractivity contribution in [2.75, 3.05) is 18.2 Å². The number of nitrogens with one attached hydrogen (secondary N) is 1. The van der Waals surface area contributed by atoms with E-state index >= 15 is 0 Å². The van der Waals surface area contributed by atoms with E-state index in [4.69, 9.17) is 4.74 Å². The zero-order valence-corrected chi connectivity index (χ0v) is 16.1. The van der Waals surface area contributed by atoms with Crippen LogP contribution in [0, 0.1) is 11.6 Å². The van der Waals surface area contributed by atoms with Crippen LogP contribution in [0.25, 0.3) is 11.4 Å². The fourth-order valence-electron chi connectivity index (χ4n) is 2.63. The number of hydrogen-bond donors (Lipinski definition) is 1. The molecule has 0 radical (unpaired) electrons. The van der Waals surface area contributed by atoms with E-state index < -0.39 is 23.2 Å². The number of carbonyl (C=O) groups excluding carboxylic acids is 1. The second-order valence-electron chi connectivity index (χ2n) is 5.68. The summed E-state index contributed by atoms with van der Waals surface area (Å²) < 4.78 is 34.5. The number of halogens is 2. The predicted molar refractivity (Wildman–Crippen MR) is 103 cm³/mol. The molecular formula is C19H18F2N4O2S. The Balaban J connectivity index is 1.75. The highest BCUT2D eigenvalue weighted by molar-refractivity contribution is 7.99. The molecule has 0 atom stereocenters. The summed E-state index contributed by atoms with van der Waals surface area (Å²) in [6.45, 7) is 2.51. The quantitative estimate of drug-likeness (QED) is 0.603. The van der Waals surface area contributed by atoms with Gasteiger partial charge in [0.25, 0.3) is 0 Å².